The molecule has 3 aromatic heterocycles. The van der Waals surface area contributed by atoms with Crippen molar-refractivity contribution in [2.45, 2.75) is 27.3 Å². The van der Waals surface area contributed by atoms with Gasteiger partial charge < -0.3 is 10.1 Å². The van der Waals surface area contributed by atoms with Crippen molar-refractivity contribution < 1.29 is 19.1 Å². The van der Waals surface area contributed by atoms with E-state index in [1.807, 2.05) is 19.9 Å². The molecule has 27 heavy (non-hydrogen) atoms. The van der Waals surface area contributed by atoms with Crippen LogP contribution in [0.15, 0.2) is 18.2 Å². The largest absolute Gasteiger partial charge is 0.451 e. The third kappa shape index (κ3) is 4.34. The quantitative estimate of drug-likeness (QED) is 0.503. The van der Waals surface area contributed by atoms with E-state index in [0.717, 1.165) is 16.3 Å². The second-order valence-electron chi connectivity index (χ2n) is 5.86. The Hall–Kier alpha value is -3.14. The maximum absolute atomic E-state index is 12.2. The highest BCUT2D eigenvalue weighted by Crippen LogP contribution is 2.17. The highest BCUT2D eigenvalue weighted by molar-refractivity contribution is 7.14. The van der Waals surface area contributed by atoms with Crippen LogP contribution in [0.25, 0.3) is 5.78 Å². The summed E-state index contributed by atoms with van der Waals surface area (Å²) in [6.45, 7) is 5.00. The first kappa shape index (κ1) is 18.6. The zero-order chi connectivity index (χ0) is 19.6. The molecule has 0 aliphatic carbocycles. The van der Waals surface area contributed by atoms with Gasteiger partial charge in [0.05, 0.1) is 11.4 Å². The second-order valence-corrected chi connectivity index (χ2v) is 7.03. The van der Waals surface area contributed by atoms with Gasteiger partial charge in [-0.05, 0) is 32.0 Å². The molecule has 0 unspecified atom stereocenters. The first-order valence-electron chi connectivity index (χ1n) is 8.08. The average molecular weight is 387 g/mol. The minimum absolute atomic E-state index is 0.148. The lowest BCUT2D eigenvalue weighted by atomic mass is 10.3. The first-order chi connectivity index (χ1) is 12.8. The van der Waals surface area contributed by atoms with E-state index in [1.54, 1.807) is 12.1 Å². The van der Waals surface area contributed by atoms with E-state index < -0.39 is 12.6 Å². The highest BCUT2D eigenvalue weighted by atomic mass is 32.1. The molecule has 0 aliphatic heterocycles. The summed E-state index contributed by atoms with van der Waals surface area (Å²) in [5, 5.41) is 6.73. The molecule has 1 amide bonds. The van der Waals surface area contributed by atoms with Crippen molar-refractivity contribution >= 4 is 34.8 Å². The number of ether oxygens (including phenoxy) is 1. The molecule has 0 atom stereocenters. The van der Waals surface area contributed by atoms with Crippen molar-refractivity contribution in [3.8, 4) is 0 Å². The monoisotopic (exact) mass is 387 g/mol. The van der Waals surface area contributed by atoms with Crippen LogP contribution >= 0.6 is 11.3 Å². The van der Waals surface area contributed by atoms with Crippen LogP contribution in [0.4, 0.5) is 0 Å². The molecule has 0 radical (unpaired) electrons. The van der Waals surface area contributed by atoms with E-state index >= 15 is 0 Å². The minimum Gasteiger partial charge on any atom is -0.451 e. The predicted molar refractivity (Wildman–Crippen MR) is 96.7 cm³/mol. The van der Waals surface area contributed by atoms with Crippen LogP contribution in [-0.4, -0.2) is 43.8 Å². The second kappa shape index (κ2) is 7.62. The third-order valence-corrected chi connectivity index (χ3v) is 4.71. The summed E-state index contributed by atoms with van der Waals surface area (Å²) in [6, 6.07) is 5.20. The average Bonchev–Trinajstić information content (AvgIpc) is 3.24. The van der Waals surface area contributed by atoms with Crippen LogP contribution in [0.5, 0.6) is 0 Å². The molecular weight excluding hydrogens is 370 g/mol. The van der Waals surface area contributed by atoms with Crippen LogP contribution < -0.4 is 5.32 Å². The molecule has 140 valence electrons. The number of carbonyl (C=O) groups excluding carboxylic acids is 3. The van der Waals surface area contributed by atoms with E-state index in [4.69, 9.17) is 4.74 Å². The topological polar surface area (TPSA) is 116 Å². The molecule has 3 heterocycles. The van der Waals surface area contributed by atoms with Crippen LogP contribution in [0.2, 0.25) is 0 Å². The van der Waals surface area contributed by atoms with Crippen molar-refractivity contribution in [2.75, 3.05) is 6.61 Å². The zero-order valence-electron chi connectivity index (χ0n) is 15.0. The van der Waals surface area contributed by atoms with Gasteiger partial charge in [-0.15, -0.1) is 16.4 Å². The normalized spacial score (nSPS) is 10.8. The molecule has 0 aromatic carbocycles. The molecule has 0 saturated heterocycles. The summed E-state index contributed by atoms with van der Waals surface area (Å²) in [5.74, 6) is -1.13. The van der Waals surface area contributed by atoms with Gasteiger partial charge in [0, 0.05) is 23.2 Å². The molecule has 10 heteroatoms. The number of Topliss-reactive ketones (excluding diaryl/α,β-unsaturated/α-hetero) is 1. The minimum atomic E-state index is -0.791. The lowest BCUT2D eigenvalue weighted by Crippen LogP contribution is -2.18. The van der Waals surface area contributed by atoms with Gasteiger partial charge in [0.1, 0.15) is 0 Å². The summed E-state index contributed by atoms with van der Waals surface area (Å²) in [5.41, 5.74) is 1.54. The number of aromatic nitrogens is 4. The standard InChI is InChI=1S/C17H17N5O4S/c1-9-6-10(2)22-17(19-9)20-15(21-22)16(25)26-8-13(24)14-5-4-12(27-14)7-18-11(3)23/h4-6H,7-8H2,1-3H3,(H,18,23). The lowest BCUT2D eigenvalue weighted by molar-refractivity contribution is -0.119. The maximum Gasteiger partial charge on any atom is 0.378 e. The summed E-state index contributed by atoms with van der Waals surface area (Å²) in [7, 11) is 0. The Morgan fingerprint density at radius 3 is 2.74 bits per heavy atom. The molecule has 1 N–H and O–H groups in total. The zero-order valence-corrected chi connectivity index (χ0v) is 15.8. The van der Waals surface area contributed by atoms with Crippen LogP contribution in [0.1, 0.15) is 43.5 Å². The fourth-order valence-electron chi connectivity index (χ4n) is 2.35. The summed E-state index contributed by atoms with van der Waals surface area (Å²) in [6.07, 6.45) is 0. The Morgan fingerprint density at radius 1 is 1.22 bits per heavy atom. The van der Waals surface area contributed by atoms with Crippen LogP contribution in [0, 0.1) is 13.8 Å². The molecular formula is C17H17N5O4S. The van der Waals surface area contributed by atoms with Gasteiger partial charge in [-0.3, -0.25) is 9.59 Å². The Morgan fingerprint density at radius 2 is 2.00 bits per heavy atom. The van der Waals surface area contributed by atoms with E-state index in [0.29, 0.717) is 17.2 Å². The van der Waals surface area contributed by atoms with Crippen molar-refractivity contribution in [1.29, 1.82) is 0 Å². The molecule has 0 bridgehead atoms. The van der Waals surface area contributed by atoms with Crippen LogP contribution in [0.3, 0.4) is 0 Å². The number of nitrogens with one attached hydrogen (secondary N) is 1. The highest BCUT2D eigenvalue weighted by Gasteiger charge is 2.19. The third-order valence-electron chi connectivity index (χ3n) is 3.58. The molecule has 0 spiro atoms. The van der Waals surface area contributed by atoms with Crippen molar-refractivity contribution in [2.24, 2.45) is 0 Å². The van der Waals surface area contributed by atoms with Gasteiger partial charge in [0.2, 0.25) is 11.7 Å². The number of aryl methyl sites for hydroxylation is 2. The Balaban J connectivity index is 1.62. The van der Waals surface area contributed by atoms with E-state index in [1.165, 1.54) is 22.8 Å². The van der Waals surface area contributed by atoms with Crippen molar-refractivity contribution in [1.82, 2.24) is 24.9 Å². The number of hydrogen-bond donors (Lipinski definition) is 1. The van der Waals surface area contributed by atoms with E-state index in [9.17, 15) is 14.4 Å². The van der Waals surface area contributed by atoms with Crippen molar-refractivity contribution in [3.05, 3.63) is 45.2 Å². The van der Waals surface area contributed by atoms with E-state index in [-0.39, 0.29) is 17.5 Å². The predicted octanol–water partition coefficient (Wildman–Crippen LogP) is 1.48. The van der Waals surface area contributed by atoms with Gasteiger partial charge in [0.25, 0.3) is 11.6 Å². The number of hydrogen-bond acceptors (Lipinski definition) is 8. The Kier molecular flexibility index (Phi) is 5.26. The number of esters is 1. The number of carbonyl (C=O) groups is 3. The van der Waals surface area contributed by atoms with Crippen LogP contribution in [-0.2, 0) is 16.1 Å². The number of ketones is 1. The fourth-order valence-corrected chi connectivity index (χ4v) is 3.23. The number of rotatable bonds is 6. The molecule has 0 fully saturated rings. The fraction of sp³-hybridized carbons (Fsp3) is 0.294. The Labute approximate surface area is 158 Å². The van der Waals surface area contributed by atoms with Gasteiger partial charge in [-0.2, -0.15) is 4.98 Å². The number of amides is 1. The summed E-state index contributed by atoms with van der Waals surface area (Å²) in [4.78, 5) is 44.8. The summed E-state index contributed by atoms with van der Waals surface area (Å²) >= 11 is 1.24. The van der Waals surface area contributed by atoms with Gasteiger partial charge in [0.15, 0.2) is 6.61 Å². The molecule has 9 nitrogen and oxygen atoms in total. The van der Waals surface area contributed by atoms with Gasteiger partial charge in [-0.1, -0.05) is 0 Å². The smallest absolute Gasteiger partial charge is 0.378 e. The molecule has 3 aromatic rings. The maximum atomic E-state index is 12.2. The number of fused-ring (bicyclic) bond motifs is 1. The number of thiophene rings is 1. The molecule has 0 saturated carbocycles. The lowest BCUT2D eigenvalue weighted by Gasteiger charge is -2.00. The summed E-state index contributed by atoms with van der Waals surface area (Å²) < 4.78 is 6.48. The van der Waals surface area contributed by atoms with Gasteiger partial charge in [-0.25, -0.2) is 14.3 Å². The number of nitrogens with zero attached hydrogens (tertiary/aromatic N) is 4. The molecule has 0 aliphatic rings. The van der Waals surface area contributed by atoms with E-state index in [2.05, 4.69) is 20.4 Å². The molecule has 3 rings (SSSR count). The first-order valence-corrected chi connectivity index (χ1v) is 8.89. The Bertz CT molecular complexity index is 1040. The SMILES string of the molecule is CC(=O)NCc1ccc(C(=O)COC(=O)c2nc3nc(C)cc(C)n3n2)s1. The van der Waals surface area contributed by atoms with Crippen molar-refractivity contribution in [3.63, 3.8) is 0 Å². The van der Waals surface area contributed by atoms with Gasteiger partial charge >= 0.3 is 5.97 Å².